The van der Waals surface area contributed by atoms with E-state index in [1.807, 2.05) is 12.1 Å². The van der Waals surface area contributed by atoms with E-state index in [-0.39, 0.29) is 17.9 Å². The van der Waals surface area contributed by atoms with Gasteiger partial charge in [0, 0.05) is 21.5 Å². The molecule has 0 amide bonds. The molecule has 1 heterocycles. The third-order valence-corrected chi connectivity index (χ3v) is 5.10. The average molecular weight is 391 g/mol. The summed E-state index contributed by atoms with van der Waals surface area (Å²) in [5.74, 6) is 2.27. The Balaban J connectivity index is 0.00000161. The van der Waals surface area contributed by atoms with Crippen LogP contribution in [0.5, 0.6) is 0 Å². The van der Waals surface area contributed by atoms with E-state index in [4.69, 9.17) is 10.3 Å². The predicted molar refractivity (Wildman–Crippen MR) is 89.8 cm³/mol. The van der Waals surface area contributed by atoms with E-state index >= 15 is 0 Å². The minimum atomic E-state index is -0.333. The van der Waals surface area contributed by atoms with E-state index in [2.05, 4.69) is 38.2 Å². The topological polar surface area (TPSA) is 64.9 Å². The molecular weight excluding hydrogens is 374 g/mol. The highest BCUT2D eigenvalue weighted by Crippen LogP contribution is 2.36. The van der Waals surface area contributed by atoms with Crippen molar-refractivity contribution in [3.8, 4) is 0 Å². The fourth-order valence-corrected chi connectivity index (χ4v) is 3.23. The van der Waals surface area contributed by atoms with Crippen LogP contribution < -0.4 is 5.73 Å². The van der Waals surface area contributed by atoms with Crippen molar-refractivity contribution in [2.75, 3.05) is 5.75 Å². The van der Waals surface area contributed by atoms with Crippen molar-refractivity contribution in [2.24, 2.45) is 5.73 Å². The lowest BCUT2D eigenvalue weighted by molar-refractivity contribution is 0.229. The van der Waals surface area contributed by atoms with Crippen molar-refractivity contribution in [1.82, 2.24) is 10.1 Å². The fourth-order valence-electron chi connectivity index (χ4n) is 2.13. The number of aromatic nitrogens is 2. The van der Waals surface area contributed by atoms with Gasteiger partial charge < -0.3 is 10.3 Å². The van der Waals surface area contributed by atoms with Gasteiger partial charge in [-0.2, -0.15) is 4.98 Å². The first kappa shape index (κ1) is 16.8. The maximum atomic E-state index is 6.18. The Morgan fingerprint density at radius 1 is 1.29 bits per heavy atom. The Kier molecular flexibility index (Phi) is 5.71. The largest absolute Gasteiger partial charge is 0.339 e. The predicted octanol–water partition coefficient (Wildman–Crippen LogP) is 3.93. The van der Waals surface area contributed by atoms with E-state index in [1.54, 1.807) is 11.8 Å². The van der Waals surface area contributed by atoms with Gasteiger partial charge in [-0.3, -0.25) is 0 Å². The Hall–Kier alpha value is -0.560. The molecule has 21 heavy (non-hydrogen) atoms. The highest BCUT2D eigenvalue weighted by molar-refractivity contribution is 9.10. The number of hydrogen-bond donors (Lipinski definition) is 1. The van der Waals surface area contributed by atoms with E-state index < -0.39 is 0 Å². The zero-order valence-electron chi connectivity index (χ0n) is 11.4. The average Bonchev–Trinajstić information content (AvgIpc) is 2.87. The molecule has 0 aliphatic heterocycles. The molecule has 2 aromatic rings. The van der Waals surface area contributed by atoms with Gasteiger partial charge in [0.05, 0.1) is 5.54 Å². The van der Waals surface area contributed by atoms with Gasteiger partial charge in [-0.15, -0.1) is 24.2 Å². The summed E-state index contributed by atoms with van der Waals surface area (Å²) in [5, 5.41) is 4.02. The summed E-state index contributed by atoms with van der Waals surface area (Å²) in [5.41, 5.74) is 5.84. The summed E-state index contributed by atoms with van der Waals surface area (Å²) in [6, 6.07) is 8.28. The van der Waals surface area contributed by atoms with Crippen LogP contribution in [0.15, 0.2) is 38.2 Å². The SMILES string of the molecule is Cl.NC1(c2noc(CCSc3ccc(Br)cc3)n2)CCC1. The van der Waals surface area contributed by atoms with E-state index in [1.165, 1.54) is 4.90 Å². The minimum absolute atomic E-state index is 0. The third-order valence-electron chi connectivity index (χ3n) is 3.56. The second kappa shape index (κ2) is 7.13. The summed E-state index contributed by atoms with van der Waals surface area (Å²) in [4.78, 5) is 5.66. The van der Waals surface area contributed by atoms with Gasteiger partial charge in [0.1, 0.15) is 0 Å². The van der Waals surface area contributed by atoms with Crippen LogP contribution in [0, 0.1) is 0 Å². The van der Waals surface area contributed by atoms with Crippen LogP contribution in [0.1, 0.15) is 31.0 Å². The lowest BCUT2D eigenvalue weighted by Crippen LogP contribution is -2.44. The third kappa shape index (κ3) is 4.00. The molecule has 1 fully saturated rings. The molecule has 1 aliphatic carbocycles. The first-order valence-corrected chi connectivity index (χ1v) is 8.44. The molecule has 0 spiro atoms. The molecule has 7 heteroatoms. The molecule has 114 valence electrons. The molecule has 0 atom stereocenters. The number of nitrogens with two attached hydrogens (primary N) is 1. The fraction of sp³-hybridized carbons (Fsp3) is 0.429. The van der Waals surface area contributed by atoms with Crippen LogP contribution in [0.25, 0.3) is 0 Å². The van der Waals surface area contributed by atoms with Gasteiger partial charge in [-0.25, -0.2) is 0 Å². The van der Waals surface area contributed by atoms with Crippen molar-refractivity contribution >= 4 is 40.1 Å². The Bertz CT molecular complexity index is 586. The Labute approximate surface area is 142 Å². The van der Waals surface area contributed by atoms with Gasteiger partial charge in [-0.05, 0) is 43.5 Å². The van der Waals surface area contributed by atoms with Gasteiger partial charge in [0.25, 0.3) is 0 Å². The second-order valence-electron chi connectivity index (χ2n) is 5.07. The van der Waals surface area contributed by atoms with E-state index in [0.29, 0.717) is 11.7 Å². The highest BCUT2D eigenvalue weighted by atomic mass is 79.9. The molecule has 0 saturated heterocycles. The molecule has 1 aromatic heterocycles. The molecule has 0 radical (unpaired) electrons. The van der Waals surface area contributed by atoms with Crippen LogP contribution in [0.3, 0.4) is 0 Å². The smallest absolute Gasteiger partial charge is 0.227 e. The molecule has 0 bridgehead atoms. The standard InChI is InChI=1S/C14H16BrN3OS.ClH/c15-10-2-4-11(5-3-10)20-9-6-12-17-13(18-19-12)14(16)7-1-8-14;/h2-5H,1,6-9,16H2;1H. The Morgan fingerprint density at radius 3 is 2.62 bits per heavy atom. The highest BCUT2D eigenvalue weighted by Gasteiger charge is 2.38. The first-order chi connectivity index (χ1) is 9.66. The van der Waals surface area contributed by atoms with Gasteiger partial charge in [0.2, 0.25) is 5.89 Å². The molecule has 2 N–H and O–H groups in total. The summed E-state index contributed by atoms with van der Waals surface area (Å²) < 4.78 is 6.38. The van der Waals surface area contributed by atoms with Crippen molar-refractivity contribution in [3.05, 3.63) is 40.5 Å². The van der Waals surface area contributed by atoms with Crippen LogP contribution in [0.2, 0.25) is 0 Å². The molecule has 1 saturated carbocycles. The van der Waals surface area contributed by atoms with Gasteiger partial charge in [0.15, 0.2) is 5.82 Å². The minimum Gasteiger partial charge on any atom is -0.339 e. The lowest BCUT2D eigenvalue weighted by atomic mass is 9.77. The normalized spacial score (nSPS) is 16.1. The summed E-state index contributed by atoms with van der Waals surface area (Å²) in [6.07, 6.45) is 3.84. The summed E-state index contributed by atoms with van der Waals surface area (Å²) >= 11 is 5.21. The number of aryl methyl sites for hydroxylation is 1. The van der Waals surface area contributed by atoms with Crippen LogP contribution in [-0.2, 0) is 12.0 Å². The molecular formula is C14H17BrClN3OS. The molecule has 3 rings (SSSR count). The number of hydrogen-bond acceptors (Lipinski definition) is 5. The molecule has 4 nitrogen and oxygen atoms in total. The Morgan fingerprint density at radius 2 is 2.00 bits per heavy atom. The number of nitrogens with zero attached hydrogens (tertiary/aromatic N) is 2. The quantitative estimate of drug-likeness (QED) is 0.784. The van der Waals surface area contributed by atoms with Crippen molar-refractivity contribution in [2.45, 2.75) is 36.1 Å². The van der Waals surface area contributed by atoms with Crippen LogP contribution in [0.4, 0.5) is 0 Å². The number of rotatable bonds is 5. The zero-order valence-corrected chi connectivity index (χ0v) is 14.6. The zero-order chi connectivity index (χ0) is 14.0. The molecule has 1 aliphatic rings. The van der Waals surface area contributed by atoms with Gasteiger partial charge in [-0.1, -0.05) is 21.1 Å². The van der Waals surface area contributed by atoms with E-state index in [9.17, 15) is 0 Å². The second-order valence-corrected chi connectivity index (χ2v) is 7.16. The molecule has 0 unspecified atom stereocenters. The monoisotopic (exact) mass is 389 g/mol. The van der Waals surface area contributed by atoms with Gasteiger partial charge >= 0.3 is 0 Å². The van der Waals surface area contributed by atoms with Crippen LogP contribution >= 0.6 is 40.1 Å². The summed E-state index contributed by atoms with van der Waals surface area (Å²) in [6.45, 7) is 0. The maximum absolute atomic E-state index is 6.18. The van der Waals surface area contributed by atoms with Crippen molar-refractivity contribution in [1.29, 1.82) is 0 Å². The number of thioether (sulfide) groups is 1. The molecule has 1 aromatic carbocycles. The van der Waals surface area contributed by atoms with Crippen molar-refractivity contribution < 1.29 is 4.52 Å². The van der Waals surface area contributed by atoms with Crippen molar-refractivity contribution in [3.63, 3.8) is 0 Å². The number of benzene rings is 1. The lowest BCUT2D eigenvalue weighted by Gasteiger charge is -2.34. The van der Waals surface area contributed by atoms with E-state index in [0.717, 1.165) is 35.9 Å². The van der Waals surface area contributed by atoms with Crippen LogP contribution in [-0.4, -0.2) is 15.9 Å². The first-order valence-electron chi connectivity index (χ1n) is 6.66. The maximum Gasteiger partial charge on any atom is 0.227 e. The summed E-state index contributed by atoms with van der Waals surface area (Å²) in [7, 11) is 0. The number of halogens is 2.